The van der Waals surface area contributed by atoms with Gasteiger partial charge in [0.25, 0.3) is 0 Å². The van der Waals surface area contributed by atoms with E-state index in [1.807, 2.05) is 6.92 Å². The number of carboxylic acids is 1. The van der Waals surface area contributed by atoms with Crippen LogP contribution in [0.25, 0.3) is 0 Å². The topological polar surface area (TPSA) is 54.4 Å². The second-order valence-corrected chi connectivity index (χ2v) is 4.92. The number of carbonyl (C=O) groups is 2. The summed E-state index contributed by atoms with van der Waals surface area (Å²) in [7, 11) is 0. The average molecular weight is 198 g/mol. The Kier molecular flexibility index (Phi) is 2.98. The van der Waals surface area contributed by atoms with E-state index in [9.17, 15) is 9.59 Å². The van der Waals surface area contributed by atoms with E-state index < -0.39 is 17.3 Å². The fourth-order valence-electron chi connectivity index (χ4n) is 2.12. The van der Waals surface area contributed by atoms with E-state index in [4.69, 9.17) is 5.11 Å². The highest BCUT2D eigenvalue weighted by atomic mass is 16.4. The maximum atomic E-state index is 11.8. The maximum absolute atomic E-state index is 11.8. The molecule has 1 rings (SSSR count). The number of aliphatic carboxylic acids is 1. The van der Waals surface area contributed by atoms with Crippen LogP contribution in [0.2, 0.25) is 0 Å². The van der Waals surface area contributed by atoms with E-state index in [0.29, 0.717) is 18.8 Å². The molecular formula is C11H18O3. The van der Waals surface area contributed by atoms with Crippen LogP contribution in [-0.2, 0) is 9.59 Å². The van der Waals surface area contributed by atoms with Gasteiger partial charge in [0.2, 0.25) is 0 Å². The number of hydrogen-bond donors (Lipinski definition) is 1. The molecule has 0 spiro atoms. The second kappa shape index (κ2) is 3.71. The number of Topliss-reactive ketones (excluding diaryl/α,β-unsaturated/α-hetero) is 1. The lowest BCUT2D eigenvalue weighted by atomic mass is 9.74. The summed E-state index contributed by atoms with van der Waals surface area (Å²) in [6.45, 7) is 5.52. The number of carbonyl (C=O) groups excluding carboxylic acids is 1. The van der Waals surface area contributed by atoms with Gasteiger partial charge in [-0.3, -0.25) is 9.59 Å². The Morgan fingerprint density at radius 1 is 1.43 bits per heavy atom. The Morgan fingerprint density at radius 2 is 2.00 bits per heavy atom. The molecule has 0 radical (unpaired) electrons. The molecule has 0 saturated heterocycles. The average Bonchev–Trinajstić information content (AvgIpc) is 2.10. The standard InChI is InChI=1S/C11H18O3/c1-7-4-5-8(10(13)14)11(2,3)9(12)6-7/h7-8H,4-6H2,1-3H3,(H,13,14). The SMILES string of the molecule is CC1CCC(C(=O)O)C(C)(C)C(=O)C1. The van der Waals surface area contributed by atoms with E-state index in [1.165, 1.54) is 0 Å². The highest BCUT2D eigenvalue weighted by Gasteiger charge is 2.43. The quantitative estimate of drug-likeness (QED) is 0.656. The smallest absolute Gasteiger partial charge is 0.307 e. The summed E-state index contributed by atoms with van der Waals surface area (Å²) < 4.78 is 0. The fraction of sp³-hybridized carbons (Fsp3) is 0.818. The van der Waals surface area contributed by atoms with Gasteiger partial charge in [-0.05, 0) is 18.8 Å². The van der Waals surface area contributed by atoms with Crippen molar-refractivity contribution in [3.8, 4) is 0 Å². The molecular weight excluding hydrogens is 180 g/mol. The zero-order chi connectivity index (χ0) is 10.9. The van der Waals surface area contributed by atoms with Crippen molar-refractivity contribution in [2.45, 2.75) is 40.0 Å². The van der Waals surface area contributed by atoms with Crippen LogP contribution in [0.5, 0.6) is 0 Å². The summed E-state index contributed by atoms with van der Waals surface area (Å²) in [5.74, 6) is -0.932. The molecule has 0 bridgehead atoms. The molecule has 1 aliphatic rings. The molecule has 2 atom stereocenters. The van der Waals surface area contributed by atoms with Crippen molar-refractivity contribution in [2.24, 2.45) is 17.3 Å². The fourth-order valence-corrected chi connectivity index (χ4v) is 2.12. The highest BCUT2D eigenvalue weighted by molar-refractivity contribution is 5.89. The first kappa shape index (κ1) is 11.2. The summed E-state index contributed by atoms with van der Waals surface area (Å²) in [5, 5.41) is 9.05. The highest BCUT2D eigenvalue weighted by Crippen LogP contribution is 2.38. The van der Waals surface area contributed by atoms with Crippen LogP contribution in [-0.4, -0.2) is 16.9 Å². The molecule has 1 fully saturated rings. The minimum absolute atomic E-state index is 0.0925. The monoisotopic (exact) mass is 198 g/mol. The van der Waals surface area contributed by atoms with Crippen molar-refractivity contribution < 1.29 is 14.7 Å². The molecule has 1 aliphatic carbocycles. The van der Waals surface area contributed by atoms with Gasteiger partial charge in [0, 0.05) is 11.8 Å². The van der Waals surface area contributed by atoms with E-state index in [2.05, 4.69) is 0 Å². The Balaban J connectivity index is 2.95. The van der Waals surface area contributed by atoms with Crippen molar-refractivity contribution >= 4 is 11.8 Å². The van der Waals surface area contributed by atoms with Gasteiger partial charge in [-0.25, -0.2) is 0 Å². The van der Waals surface area contributed by atoms with Crippen LogP contribution in [0.15, 0.2) is 0 Å². The summed E-state index contributed by atoms with van der Waals surface area (Å²) in [4.78, 5) is 22.8. The first-order valence-corrected chi connectivity index (χ1v) is 5.11. The largest absolute Gasteiger partial charge is 0.481 e. The van der Waals surface area contributed by atoms with E-state index >= 15 is 0 Å². The van der Waals surface area contributed by atoms with Crippen LogP contribution >= 0.6 is 0 Å². The Morgan fingerprint density at radius 3 is 2.50 bits per heavy atom. The number of rotatable bonds is 1. The predicted octanol–water partition coefficient (Wildman–Crippen LogP) is 2.10. The van der Waals surface area contributed by atoms with E-state index in [1.54, 1.807) is 13.8 Å². The van der Waals surface area contributed by atoms with Gasteiger partial charge in [-0.2, -0.15) is 0 Å². The van der Waals surface area contributed by atoms with Crippen molar-refractivity contribution in [1.29, 1.82) is 0 Å². The van der Waals surface area contributed by atoms with Gasteiger partial charge >= 0.3 is 5.97 Å². The van der Waals surface area contributed by atoms with Crippen LogP contribution in [0.4, 0.5) is 0 Å². The van der Waals surface area contributed by atoms with Gasteiger partial charge < -0.3 is 5.11 Å². The van der Waals surface area contributed by atoms with Gasteiger partial charge in [-0.1, -0.05) is 20.8 Å². The van der Waals surface area contributed by atoms with Crippen LogP contribution in [0, 0.1) is 17.3 Å². The molecule has 0 heterocycles. The van der Waals surface area contributed by atoms with Crippen LogP contribution in [0.1, 0.15) is 40.0 Å². The summed E-state index contributed by atoms with van der Waals surface area (Å²) in [6.07, 6.45) is 1.98. The zero-order valence-electron chi connectivity index (χ0n) is 9.04. The van der Waals surface area contributed by atoms with Gasteiger partial charge in [-0.15, -0.1) is 0 Å². The summed E-state index contributed by atoms with van der Waals surface area (Å²) in [6, 6.07) is 0. The normalized spacial score (nSPS) is 32.4. The molecule has 3 heteroatoms. The molecule has 0 aliphatic heterocycles. The minimum atomic E-state index is -0.836. The molecule has 0 aromatic heterocycles. The molecule has 3 nitrogen and oxygen atoms in total. The minimum Gasteiger partial charge on any atom is -0.481 e. The van der Waals surface area contributed by atoms with Gasteiger partial charge in [0.15, 0.2) is 0 Å². The lowest BCUT2D eigenvalue weighted by Gasteiger charge is -2.27. The van der Waals surface area contributed by atoms with Crippen molar-refractivity contribution in [3.63, 3.8) is 0 Å². The van der Waals surface area contributed by atoms with Crippen molar-refractivity contribution in [2.75, 3.05) is 0 Å². The Hall–Kier alpha value is -0.860. The molecule has 0 aromatic carbocycles. The van der Waals surface area contributed by atoms with Crippen LogP contribution in [0.3, 0.4) is 0 Å². The summed E-state index contributed by atoms with van der Waals surface area (Å²) in [5.41, 5.74) is -0.698. The molecule has 0 amide bonds. The third kappa shape index (κ3) is 1.97. The Labute approximate surface area is 84.5 Å². The van der Waals surface area contributed by atoms with Gasteiger partial charge in [0.05, 0.1) is 5.92 Å². The lowest BCUT2D eigenvalue weighted by molar-refractivity contribution is -0.150. The molecule has 1 N–H and O–H groups in total. The summed E-state index contributed by atoms with van der Waals surface area (Å²) >= 11 is 0. The molecule has 0 aromatic rings. The van der Waals surface area contributed by atoms with Crippen LogP contribution < -0.4 is 0 Å². The third-order valence-electron chi connectivity index (χ3n) is 3.37. The predicted molar refractivity (Wildman–Crippen MR) is 52.9 cm³/mol. The number of carboxylic acid groups (broad SMARTS) is 1. The number of hydrogen-bond acceptors (Lipinski definition) is 2. The first-order chi connectivity index (χ1) is 6.35. The molecule has 1 saturated carbocycles. The van der Waals surface area contributed by atoms with Gasteiger partial charge in [0.1, 0.15) is 5.78 Å². The molecule has 14 heavy (non-hydrogen) atoms. The lowest BCUT2D eigenvalue weighted by Crippen LogP contribution is -2.36. The third-order valence-corrected chi connectivity index (χ3v) is 3.37. The zero-order valence-corrected chi connectivity index (χ0v) is 9.04. The second-order valence-electron chi connectivity index (χ2n) is 4.92. The Bertz CT molecular complexity index is 255. The van der Waals surface area contributed by atoms with Crippen molar-refractivity contribution in [3.05, 3.63) is 0 Å². The first-order valence-electron chi connectivity index (χ1n) is 5.11. The number of ketones is 1. The van der Waals surface area contributed by atoms with E-state index in [-0.39, 0.29) is 5.78 Å². The molecule has 80 valence electrons. The molecule has 2 unspecified atom stereocenters. The van der Waals surface area contributed by atoms with Crippen molar-refractivity contribution in [1.82, 2.24) is 0 Å². The maximum Gasteiger partial charge on any atom is 0.307 e. The van der Waals surface area contributed by atoms with E-state index in [0.717, 1.165) is 6.42 Å².